The summed E-state index contributed by atoms with van der Waals surface area (Å²) in [5, 5.41) is 8.98. The number of benzene rings is 1. The molecule has 1 heterocycles. The van der Waals surface area contributed by atoms with Crippen molar-refractivity contribution in [1.29, 1.82) is 0 Å². The van der Waals surface area contributed by atoms with Gasteiger partial charge in [0.1, 0.15) is 0 Å². The lowest BCUT2D eigenvalue weighted by atomic mass is 10.1. The van der Waals surface area contributed by atoms with Crippen molar-refractivity contribution in [3.8, 4) is 0 Å². The summed E-state index contributed by atoms with van der Waals surface area (Å²) in [6.45, 7) is 3.83. The van der Waals surface area contributed by atoms with E-state index in [9.17, 15) is 4.79 Å². The van der Waals surface area contributed by atoms with E-state index in [0.29, 0.717) is 18.7 Å². The second-order valence-corrected chi connectivity index (χ2v) is 4.81. The largest absolute Gasteiger partial charge is 0.478 e. The number of carboxylic acids is 1. The lowest BCUT2D eigenvalue weighted by Crippen LogP contribution is -2.42. The van der Waals surface area contributed by atoms with E-state index in [4.69, 9.17) is 15.6 Å². The van der Waals surface area contributed by atoms with Gasteiger partial charge >= 0.3 is 5.97 Å². The summed E-state index contributed by atoms with van der Waals surface area (Å²) in [4.78, 5) is 13.2. The highest BCUT2D eigenvalue weighted by atomic mass is 16.5. The number of morpholine rings is 1. The molecule has 0 spiro atoms. The van der Waals surface area contributed by atoms with E-state index < -0.39 is 5.97 Å². The molecule has 3 N–H and O–H groups in total. The number of ether oxygens (including phenoxy) is 1. The number of hydrogen-bond acceptors (Lipinski definition) is 4. The quantitative estimate of drug-likeness (QED) is 0.827. The maximum absolute atomic E-state index is 10.9. The van der Waals surface area contributed by atoms with Crippen molar-refractivity contribution in [2.75, 3.05) is 26.2 Å². The molecular weight excluding hydrogens is 244 g/mol. The number of nitrogens with zero attached hydrogens (tertiary/aromatic N) is 1. The number of nitrogens with two attached hydrogens (primary N) is 1. The summed E-state index contributed by atoms with van der Waals surface area (Å²) >= 11 is 0. The van der Waals surface area contributed by atoms with Crippen LogP contribution in [0.3, 0.4) is 0 Å². The fourth-order valence-electron chi connectivity index (χ4n) is 2.35. The molecular formula is C14H20N2O3. The van der Waals surface area contributed by atoms with Crippen LogP contribution in [-0.4, -0.2) is 48.3 Å². The molecule has 0 amide bonds. The van der Waals surface area contributed by atoms with Crippen LogP contribution in [0.25, 0.3) is 0 Å². The Labute approximate surface area is 113 Å². The van der Waals surface area contributed by atoms with Crippen LogP contribution in [0.5, 0.6) is 0 Å². The van der Waals surface area contributed by atoms with Crippen molar-refractivity contribution in [3.05, 3.63) is 35.4 Å². The highest BCUT2D eigenvalue weighted by Crippen LogP contribution is 2.13. The van der Waals surface area contributed by atoms with Crippen LogP contribution in [-0.2, 0) is 11.3 Å². The van der Waals surface area contributed by atoms with E-state index in [2.05, 4.69) is 4.90 Å². The molecule has 0 unspecified atom stereocenters. The van der Waals surface area contributed by atoms with Gasteiger partial charge in [-0.25, -0.2) is 4.79 Å². The molecule has 1 saturated heterocycles. The third kappa shape index (κ3) is 4.02. The second kappa shape index (κ2) is 6.65. The van der Waals surface area contributed by atoms with Gasteiger partial charge in [0.05, 0.1) is 18.3 Å². The third-order valence-corrected chi connectivity index (χ3v) is 3.29. The minimum Gasteiger partial charge on any atom is -0.478 e. The predicted molar refractivity (Wildman–Crippen MR) is 72.1 cm³/mol. The molecule has 1 fully saturated rings. The molecule has 2 rings (SSSR count). The zero-order valence-electron chi connectivity index (χ0n) is 10.9. The van der Waals surface area contributed by atoms with Gasteiger partial charge in [-0.05, 0) is 30.7 Å². The molecule has 1 aliphatic heterocycles. The summed E-state index contributed by atoms with van der Waals surface area (Å²) in [5.41, 5.74) is 6.91. The number of rotatable bonds is 5. The molecule has 0 bridgehead atoms. The van der Waals surface area contributed by atoms with E-state index in [-0.39, 0.29) is 6.10 Å². The zero-order valence-corrected chi connectivity index (χ0v) is 10.9. The maximum atomic E-state index is 10.9. The Morgan fingerprint density at radius 3 is 3.11 bits per heavy atom. The standard InChI is InChI=1S/C14H20N2O3/c15-5-4-13-10-16(6-7-19-13)9-11-2-1-3-12(8-11)14(17)18/h1-3,8,13H,4-7,9-10,15H2,(H,17,18)/t13-/m1/s1. The SMILES string of the molecule is NCC[C@@H]1CN(Cc2cccc(C(=O)O)c2)CCO1. The summed E-state index contributed by atoms with van der Waals surface area (Å²) in [6, 6.07) is 7.09. The van der Waals surface area contributed by atoms with Gasteiger partial charge in [-0.1, -0.05) is 12.1 Å². The highest BCUT2D eigenvalue weighted by molar-refractivity contribution is 5.87. The Hall–Kier alpha value is -1.43. The van der Waals surface area contributed by atoms with Gasteiger partial charge in [-0.15, -0.1) is 0 Å². The van der Waals surface area contributed by atoms with Crippen LogP contribution in [0, 0.1) is 0 Å². The van der Waals surface area contributed by atoms with Gasteiger partial charge in [0.2, 0.25) is 0 Å². The van der Waals surface area contributed by atoms with Crippen LogP contribution < -0.4 is 5.73 Å². The molecule has 0 aliphatic carbocycles. The van der Waals surface area contributed by atoms with Crippen molar-refractivity contribution in [2.24, 2.45) is 5.73 Å². The van der Waals surface area contributed by atoms with Crippen molar-refractivity contribution in [3.63, 3.8) is 0 Å². The Morgan fingerprint density at radius 1 is 1.53 bits per heavy atom. The summed E-state index contributed by atoms with van der Waals surface area (Å²) in [6.07, 6.45) is 1.06. The van der Waals surface area contributed by atoms with Crippen LogP contribution in [0.1, 0.15) is 22.3 Å². The van der Waals surface area contributed by atoms with Gasteiger partial charge in [-0.3, -0.25) is 4.90 Å². The second-order valence-electron chi connectivity index (χ2n) is 4.81. The number of hydrogen-bond donors (Lipinski definition) is 2. The van der Waals surface area contributed by atoms with E-state index >= 15 is 0 Å². The number of aromatic carboxylic acids is 1. The van der Waals surface area contributed by atoms with Gasteiger partial charge < -0.3 is 15.6 Å². The molecule has 5 nitrogen and oxygen atoms in total. The summed E-state index contributed by atoms with van der Waals surface area (Å²) in [7, 11) is 0. The Morgan fingerprint density at radius 2 is 2.37 bits per heavy atom. The first-order valence-electron chi connectivity index (χ1n) is 6.55. The smallest absolute Gasteiger partial charge is 0.335 e. The number of carbonyl (C=O) groups is 1. The third-order valence-electron chi connectivity index (χ3n) is 3.29. The van der Waals surface area contributed by atoms with Crippen molar-refractivity contribution in [1.82, 2.24) is 4.90 Å². The van der Waals surface area contributed by atoms with E-state index in [0.717, 1.165) is 31.6 Å². The minimum absolute atomic E-state index is 0.196. The molecule has 1 aliphatic rings. The monoisotopic (exact) mass is 264 g/mol. The molecule has 104 valence electrons. The first-order valence-corrected chi connectivity index (χ1v) is 6.55. The van der Waals surface area contributed by atoms with Crippen LogP contribution in [0.4, 0.5) is 0 Å². The van der Waals surface area contributed by atoms with E-state index in [1.54, 1.807) is 18.2 Å². The predicted octanol–water partition coefficient (Wildman–Crippen LogP) is 0.934. The molecule has 0 aromatic heterocycles. The maximum Gasteiger partial charge on any atom is 0.335 e. The average Bonchev–Trinajstić information content (AvgIpc) is 2.40. The van der Waals surface area contributed by atoms with Crippen LogP contribution >= 0.6 is 0 Å². The summed E-state index contributed by atoms with van der Waals surface area (Å²) in [5.74, 6) is -0.884. The minimum atomic E-state index is -0.884. The van der Waals surface area contributed by atoms with Gasteiger partial charge in [-0.2, -0.15) is 0 Å². The Balaban J connectivity index is 1.96. The topological polar surface area (TPSA) is 75.8 Å². The van der Waals surface area contributed by atoms with Crippen molar-refractivity contribution in [2.45, 2.75) is 19.1 Å². The highest BCUT2D eigenvalue weighted by Gasteiger charge is 2.19. The van der Waals surface area contributed by atoms with E-state index in [1.165, 1.54) is 0 Å². The first kappa shape index (κ1) is 14.0. The lowest BCUT2D eigenvalue weighted by Gasteiger charge is -2.32. The van der Waals surface area contributed by atoms with Gasteiger partial charge in [0, 0.05) is 19.6 Å². The van der Waals surface area contributed by atoms with Gasteiger partial charge in [0.15, 0.2) is 0 Å². The molecule has 5 heteroatoms. The fourth-order valence-corrected chi connectivity index (χ4v) is 2.35. The van der Waals surface area contributed by atoms with Crippen molar-refractivity contribution >= 4 is 5.97 Å². The van der Waals surface area contributed by atoms with Crippen LogP contribution in [0.2, 0.25) is 0 Å². The van der Waals surface area contributed by atoms with Crippen molar-refractivity contribution < 1.29 is 14.6 Å². The molecule has 1 atom stereocenters. The van der Waals surface area contributed by atoms with Gasteiger partial charge in [0.25, 0.3) is 0 Å². The molecule has 1 aromatic carbocycles. The fraction of sp³-hybridized carbons (Fsp3) is 0.500. The lowest BCUT2D eigenvalue weighted by molar-refractivity contribution is -0.0335. The molecule has 0 saturated carbocycles. The Kier molecular flexibility index (Phi) is 4.90. The zero-order chi connectivity index (χ0) is 13.7. The number of carboxylic acid groups (broad SMARTS) is 1. The average molecular weight is 264 g/mol. The van der Waals surface area contributed by atoms with Crippen LogP contribution in [0.15, 0.2) is 24.3 Å². The van der Waals surface area contributed by atoms with E-state index in [1.807, 2.05) is 6.07 Å². The molecule has 19 heavy (non-hydrogen) atoms. The normalized spacial score (nSPS) is 20.4. The summed E-state index contributed by atoms with van der Waals surface area (Å²) < 4.78 is 5.63. The molecule has 1 aromatic rings. The Bertz CT molecular complexity index is 434. The first-order chi connectivity index (χ1) is 9.19. The molecule has 0 radical (unpaired) electrons.